The molecule has 30 heavy (non-hydrogen) atoms. The van der Waals surface area contributed by atoms with E-state index >= 15 is 0 Å². The Hall–Kier alpha value is -1.44. The molecule has 156 valence electrons. The van der Waals surface area contributed by atoms with E-state index in [1.807, 2.05) is 22.4 Å². The number of hydrogen-bond acceptors (Lipinski definition) is 5. The monoisotopic (exact) mass is 524 g/mol. The zero-order valence-electron chi connectivity index (χ0n) is 15.9. The Morgan fingerprint density at radius 2 is 1.80 bits per heavy atom. The first-order valence-corrected chi connectivity index (χ1v) is 12.2. The van der Waals surface area contributed by atoms with Gasteiger partial charge in [-0.1, -0.05) is 35.3 Å². The maximum Gasteiger partial charge on any atom is 0.166 e. The van der Waals surface area contributed by atoms with E-state index in [9.17, 15) is 5.11 Å². The number of thiophene rings is 1. The number of rotatable bonds is 5. The van der Waals surface area contributed by atoms with Gasteiger partial charge in [0.05, 0.1) is 26.3 Å². The average molecular weight is 526 g/mol. The molecule has 8 heteroatoms. The maximum atomic E-state index is 11.3. The number of hydrogen-bond donors (Lipinski definition) is 1. The second-order valence-corrected chi connectivity index (χ2v) is 10.0. The quantitative estimate of drug-likeness (QED) is 0.361. The van der Waals surface area contributed by atoms with Gasteiger partial charge >= 0.3 is 0 Å². The van der Waals surface area contributed by atoms with Gasteiger partial charge in [0.15, 0.2) is 6.23 Å². The zero-order chi connectivity index (χ0) is 20.8. The van der Waals surface area contributed by atoms with Crippen molar-refractivity contribution in [2.75, 3.05) is 22.9 Å². The molecular weight excluding hydrogens is 507 g/mol. The molecule has 1 fully saturated rings. The van der Waals surface area contributed by atoms with Crippen LogP contribution in [0.5, 0.6) is 11.5 Å². The fourth-order valence-electron chi connectivity index (χ4n) is 3.85. The first-order chi connectivity index (χ1) is 14.5. The van der Waals surface area contributed by atoms with Gasteiger partial charge in [-0.05, 0) is 58.4 Å². The first-order valence-electron chi connectivity index (χ1n) is 9.73. The molecule has 0 saturated heterocycles. The Morgan fingerprint density at radius 3 is 2.57 bits per heavy atom. The van der Waals surface area contributed by atoms with Gasteiger partial charge in [0.1, 0.15) is 11.5 Å². The summed E-state index contributed by atoms with van der Waals surface area (Å²) >= 11 is 17.4. The predicted molar refractivity (Wildman–Crippen MR) is 128 cm³/mol. The number of aliphatic hydroxyl groups excluding tert-OH is 1. The van der Waals surface area contributed by atoms with E-state index in [0.29, 0.717) is 32.1 Å². The van der Waals surface area contributed by atoms with Crippen LogP contribution >= 0.6 is 50.5 Å². The van der Waals surface area contributed by atoms with Crippen LogP contribution in [-0.2, 0) is 0 Å². The van der Waals surface area contributed by atoms with Crippen LogP contribution < -0.4 is 14.5 Å². The van der Waals surface area contributed by atoms with E-state index in [1.54, 1.807) is 12.1 Å². The van der Waals surface area contributed by atoms with Gasteiger partial charge in [-0.25, -0.2) is 0 Å². The lowest BCUT2D eigenvalue weighted by molar-refractivity contribution is 0.172. The van der Waals surface area contributed by atoms with Crippen molar-refractivity contribution in [1.29, 1.82) is 0 Å². The second-order valence-electron chi connectivity index (χ2n) is 7.43. The maximum absolute atomic E-state index is 11.3. The molecule has 1 unspecified atom stereocenters. The minimum Gasteiger partial charge on any atom is -0.454 e. The van der Waals surface area contributed by atoms with E-state index < -0.39 is 6.23 Å². The molecule has 1 N–H and O–H groups in total. The van der Waals surface area contributed by atoms with E-state index in [2.05, 4.69) is 39.0 Å². The van der Waals surface area contributed by atoms with Crippen molar-refractivity contribution in [2.24, 2.45) is 0 Å². The number of nitrogens with zero attached hydrogens (tertiary/aromatic N) is 2. The number of benzene rings is 2. The molecule has 0 amide bonds. The molecule has 0 spiro atoms. The summed E-state index contributed by atoms with van der Waals surface area (Å²) < 4.78 is 6.77. The zero-order valence-corrected chi connectivity index (χ0v) is 19.8. The van der Waals surface area contributed by atoms with Gasteiger partial charge in [-0.2, -0.15) is 0 Å². The van der Waals surface area contributed by atoms with Crippen LogP contribution in [0.1, 0.15) is 23.9 Å². The number of aliphatic hydroxyl groups is 1. The van der Waals surface area contributed by atoms with Crippen molar-refractivity contribution >= 4 is 61.8 Å². The lowest BCUT2D eigenvalue weighted by Gasteiger charge is -2.41. The summed E-state index contributed by atoms with van der Waals surface area (Å²) in [6.07, 6.45) is 1.68. The molecule has 1 saturated carbocycles. The van der Waals surface area contributed by atoms with Crippen LogP contribution in [0.2, 0.25) is 10.0 Å². The molecule has 1 atom stereocenters. The number of fused-ring (bicyclic) bond motifs is 1. The third-order valence-electron chi connectivity index (χ3n) is 5.45. The third-order valence-corrected chi connectivity index (χ3v) is 7.88. The van der Waals surface area contributed by atoms with Crippen LogP contribution in [-0.4, -0.2) is 24.2 Å². The molecule has 4 nitrogen and oxygen atoms in total. The molecule has 2 aromatic carbocycles. The molecule has 1 aliphatic heterocycles. The molecule has 2 aliphatic rings. The standard InChI is InChI=1S/C22H19BrCl2N2O2S/c23-14-11-16(25)20(12-15(14)24)29-19-7-10-30-21(19)22(28)27-9-8-26(13-5-6-13)17-3-1-2-4-18(17)27/h1-4,7,10-13,22,28H,5-6,8-9H2. The van der Waals surface area contributed by atoms with Crippen molar-refractivity contribution < 1.29 is 9.84 Å². The fourth-order valence-corrected chi connectivity index (χ4v) is 5.49. The van der Waals surface area contributed by atoms with E-state index in [0.717, 1.165) is 23.7 Å². The van der Waals surface area contributed by atoms with Gasteiger partial charge in [-0.15, -0.1) is 11.3 Å². The Labute approximate surface area is 197 Å². The van der Waals surface area contributed by atoms with Crippen LogP contribution in [0, 0.1) is 0 Å². The van der Waals surface area contributed by atoms with Gasteiger partial charge in [0, 0.05) is 29.7 Å². The molecule has 1 aromatic heterocycles. The molecule has 2 heterocycles. The predicted octanol–water partition coefficient (Wildman–Crippen LogP) is 7.09. The van der Waals surface area contributed by atoms with Crippen LogP contribution in [0.15, 0.2) is 52.3 Å². The van der Waals surface area contributed by atoms with Gasteiger partial charge in [0.25, 0.3) is 0 Å². The van der Waals surface area contributed by atoms with Crippen molar-refractivity contribution in [3.8, 4) is 11.5 Å². The Balaban J connectivity index is 1.44. The summed E-state index contributed by atoms with van der Waals surface area (Å²) in [5, 5.41) is 14.2. The lowest BCUT2D eigenvalue weighted by Crippen LogP contribution is -2.43. The lowest BCUT2D eigenvalue weighted by atomic mass is 10.1. The first kappa shape index (κ1) is 20.5. The van der Waals surface area contributed by atoms with Crippen molar-refractivity contribution in [2.45, 2.75) is 25.1 Å². The second kappa shape index (κ2) is 8.24. The minimum absolute atomic E-state index is 0.446. The van der Waals surface area contributed by atoms with Crippen molar-refractivity contribution in [1.82, 2.24) is 0 Å². The number of ether oxygens (including phenoxy) is 1. The third kappa shape index (κ3) is 3.80. The van der Waals surface area contributed by atoms with Gasteiger partial charge in [-0.3, -0.25) is 0 Å². The van der Waals surface area contributed by atoms with E-state index in [-0.39, 0.29) is 0 Å². The molecule has 3 aromatic rings. The smallest absolute Gasteiger partial charge is 0.166 e. The van der Waals surface area contributed by atoms with Crippen LogP contribution in [0.4, 0.5) is 11.4 Å². The highest BCUT2D eigenvalue weighted by atomic mass is 79.9. The molecule has 0 bridgehead atoms. The highest BCUT2D eigenvalue weighted by Crippen LogP contribution is 2.45. The summed E-state index contributed by atoms with van der Waals surface area (Å²) in [4.78, 5) is 5.25. The minimum atomic E-state index is -0.813. The number of para-hydroxylation sites is 2. The largest absolute Gasteiger partial charge is 0.454 e. The van der Waals surface area contributed by atoms with Crippen molar-refractivity contribution in [3.63, 3.8) is 0 Å². The topological polar surface area (TPSA) is 35.9 Å². The highest BCUT2D eigenvalue weighted by Gasteiger charge is 2.36. The highest BCUT2D eigenvalue weighted by molar-refractivity contribution is 9.10. The summed E-state index contributed by atoms with van der Waals surface area (Å²) in [6, 6.07) is 14.2. The van der Waals surface area contributed by atoms with E-state index in [4.69, 9.17) is 27.9 Å². The van der Waals surface area contributed by atoms with Crippen LogP contribution in [0.25, 0.3) is 0 Å². The summed E-state index contributed by atoms with van der Waals surface area (Å²) in [5.74, 6) is 1.03. The molecular formula is C22H19BrCl2N2O2S. The molecule has 0 radical (unpaired) electrons. The van der Waals surface area contributed by atoms with E-state index in [1.165, 1.54) is 29.9 Å². The van der Waals surface area contributed by atoms with Crippen LogP contribution in [0.3, 0.4) is 0 Å². The molecule has 1 aliphatic carbocycles. The SMILES string of the molecule is OC(c1sccc1Oc1cc(Cl)c(Br)cc1Cl)N1CCN(C2CC2)c2ccccc21. The average Bonchev–Trinajstić information content (AvgIpc) is 3.49. The Bertz CT molecular complexity index is 1090. The number of anilines is 2. The summed E-state index contributed by atoms with van der Waals surface area (Å²) in [6.45, 7) is 1.64. The summed E-state index contributed by atoms with van der Waals surface area (Å²) in [5.41, 5.74) is 2.24. The Morgan fingerprint density at radius 1 is 1.03 bits per heavy atom. The summed E-state index contributed by atoms with van der Waals surface area (Å²) in [7, 11) is 0. The van der Waals surface area contributed by atoms with Crippen molar-refractivity contribution in [3.05, 3.63) is 67.2 Å². The van der Waals surface area contributed by atoms with Gasteiger partial charge in [0.2, 0.25) is 0 Å². The Kier molecular flexibility index (Phi) is 5.62. The number of halogens is 3. The fraction of sp³-hybridized carbons (Fsp3) is 0.273. The molecule has 5 rings (SSSR count). The van der Waals surface area contributed by atoms with Gasteiger partial charge < -0.3 is 19.6 Å². The normalized spacial score (nSPS) is 17.1.